The van der Waals surface area contributed by atoms with Crippen LogP contribution in [0.15, 0.2) is 29.2 Å². The van der Waals surface area contributed by atoms with Crippen molar-refractivity contribution >= 4 is 10.0 Å². The Hall–Kier alpha value is -1.16. The fraction of sp³-hybridized carbons (Fsp3) is 0.538. The van der Waals surface area contributed by atoms with Crippen molar-refractivity contribution in [3.63, 3.8) is 0 Å². The lowest BCUT2D eigenvalue weighted by atomic mass is 9.95. The third-order valence-corrected chi connectivity index (χ3v) is 4.91. The van der Waals surface area contributed by atoms with Crippen LogP contribution in [-0.4, -0.2) is 38.8 Å². The Morgan fingerprint density at radius 2 is 2.09 bits per heavy atom. The topological polar surface area (TPSA) is 78.4 Å². The number of hydrogen-bond donors (Lipinski definition) is 3. The Balaban J connectivity index is 2.13. The predicted octanol–water partition coefficient (Wildman–Crippen LogP) is 1.10. The molecule has 0 saturated carbocycles. The van der Waals surface area contributed by atoms with E-state index in [0.29, 0.717) is 18.9 Å². The number of piperidine rings is 1. The molecule has 1 aliphatic heterocycles. The van der Waals surface area contributed by atoms with E-state index in [1.165, 1.54) is 0 Å². The first-order chi connectivity index (χ1) is 10.1. The predicted molar refractivity (Wildman–Crippen MR) is 73.7 cm³/mol. The van der Waals surface area contributed by atoms with E-state index < -0.39 is 32.3 Å². The number of hydrogen-bond acceptors (Lipinski definition) is 4. The van der Waals surface area contributed by atoms with Crippen LogP contribution in [0.5, 0.6) is 0 Å². The van der Waals surface area contributed by atoms with Crippen LogP contribution in [0.4, 0.5) is 13.2 Å². The smallest absolute Gasteiger partial charge is 0.387 e. The number of β-amino-alcohol motifs (C(OH)–C–C–N with tert-alkyl or cyclic N) is 1. The molecule has 0 amide bonds. The van der Waals surface area contributed by atoms with Crippen molar-refractivity contribution in [2.75, 3.05) is 19.6 Å². The van der Waals surface area contributed by atoms with Gasteiger partial charge in [-0.15, -0.1) is 0 Å². The van der Waals surface area contributed by atoms with E-state index in [1.54, 1.807) is 0 Å². The molecule has 0 aliphatic carbocycles. The van der Waals surface area contributed by atoms with Crippen molar-refractivity contribution in [1.82, 2.24) is 10.0 Å². The van der Waals surface area contributed by atoms with Gasteiger partial charge in [0.25, 0.3) is 0 Å². The van der Waals surface area contributed by atoms with Crippen LogP contribution in [0.2, 0.25) is 0 Å². The van der Waals surface area contributed by atoms with E-state index in [9.17, 15) is 26.7 Å². The summed E-state index contributed by atoms with van der Waals surface area (Å²) in [6.45, 7) is 0.722. The summed E-state index contributed by atoms with van der Waals surface area (Å²) in [7, 11) is -4.12. The molecule has 1 fully saturated rings. The average molecular weight is 338 g/mol. The summed E-state index contributed by atoms with van der Waals surface area (Å²) < 4.78 is 64.2. The fourth-order valence-corrected chi connectivity index (χ4v) is 3.42. The van der Waals surface area contributed by atoms with Crippen LogP contribution in [0, 0.1) is 0 Å². The highest BCUT2D eigenvalue weighted by atomic mass is 32.2. The third-order valence-electron chi connectivity index (χ3n) is 3.51. The van der Waals surface area contributed by atoms with Gasteiger partial charge >= 0.3 is 6.18 Å². The minimum Gasteiger partial charge on any atom is -0.387 e. The number of aliphatic hydroxyl groups is 1. The fourth-order valence-electron chi connectivity index (χ4n) is 2.26. The average Bonchev–Trinajstić information content (AvgIpc) is 2.46. The largest absolute Gasteiger partial charge is 0.416 e. The zero-order valence-corrected chi connectivity index (χ0v) is 12.5. The van der Waals surface area contributed by atoms with Gasteiger partial charge in [0.05, 0.1) is 16.1 Å². The van der Waals surface area contributed by atoms with E-state index in [4.69, 9.17) is 0 Å². The van der Waals surface area contributed by atoms with Crippen LogP contribution >= 0.6 is 0 Å². The van der Waals surface area contributed by atoms with Crippen LogP contribution in [-0.2, 0) is 16.2 Å². The molecule has 0 aromatic heterocycles. The molecule has 0 bridgehead atoms. The maximum Gasteiger partial charge on any atom is 0.416 e. The van der Waals surface area contributed by atoms with E-state index in [2.05, 4.69) is 10.0 Å². The number of nitrogens with one attached hydrogen (secondary N) is 2. The lowest BCUT2D eigenvalue weighted by Crippen LogP contribution is -2.52. The summed E-state index contributed by atoms with van der Waals surface area (Å²) in [4.78, 5) is -0.477. The number of halogens is 3. The minimum absolute atomic E-state index is 0.234. The molecule has 5 nitrogen and oxygen atoms in total. The molecule has 0 spiro atoms. The van der Waals surface area contributed by atoms with Crippen molar-refractivity contribution in [3.05, 3.63) is 29.8 Å². The SMILES string of the molecule is O=S(=O)(NC[C@@]1(O)CCCNC1)c1cccc(C(F)(F)F)c1. The Bertz CT molecular complexity index is 626. The normalized spacial score (nSPS) is 23.5. The molecule has 9 heteroatoms. The molecule has 0 unspecified atom stereocenters. The second kappa shape index (κ2) is 6.15. The molecule has 1 saturated heterocycles. The van der Waals surface area contributed by atoms with Gasteiger partial charge in [0.2, 0.25) is 10.0 Å². The van der Waals surface area contributed by atoms with E-state index in [0.717, 1.165) is 24.7 Å². The third kappa shape index (κ3) is 4.19. The van der Waals surface area contributed by atoms with E-state index in [1.807, 2.05) is 0 Å². The first kappa shape index (κ1) is 17.2. The number of sulfonamides is 1. The van der Waals surface area contributed by atoms with Gasteiger partial charge in [0.1, 0.15) is 0 Å². The Morgan fingerprint density at radius 1 is 1.36 bits per heavy atom. The highest BCUT2D eigenvalue weighted by molar-refractivity contribution is 7.89. The monoisotopic (exact) mass is 338 g/mol. The molecule has 22 heavy (non-hydrogen) atoms. The molecular weight excluding hydrogens is 321 g/mol. The van der Waals surface area contributed by atoms with Crippen LogP contribution < -0.4 is 10.0 Å². The second-order valence-electron chi connectivity index (χ2n) is 5.35. The summed E-state index contributed by atoms with van der Waals surface area (Å²) in [5.74, 6) is 0. The van der Waals surface area contributed by atoms with E-state index >= 15 is 0 Å². The van der Waals surface area contributed by atoms with E-state index in [-0.39, 0.29) is 13.1 Å². The van der Waals surface area contributed by atoms with Crippen molar-refractivity contribution in [2.24, 2.45) is 0 Å². The summed E-state index contributed by atoms with van der Waals surface area (Å²) in [6.07, 6.45) is -3.50. The maximum absolute atomic E-state index is 12.6. The Morgan fingerprint density at radius 3 is 2.68 bits per heavy atom. The van der Waals surface area contributed by atoms with Gasteiger partial charge in [0, 0.05) is 13.1 Å². The molecule has 1 heterocycles. The van der Waals surface area contributed by atoms with Gasteiger partial charge in [-0.1, -0.05) is 6.07 Å². The number of alkyl halides is 3. The summed E-state index contributed by atoms with van der Waals surface area (Å²) >= 11 is 0. The molecular formula is C13H17F3N2O3S. The van der Waals surface area contributed by atoms with Gasteiger partial charge in [0.15, 0.2) is 0 Å². The number of rotatable bonds is 4. The summed E-state index contributed by atoms with van der Waals surface area (Å²) in [5, 5.41) is 13.1. The quantitative estimate of drug-likeness (QED) is 0.768. The lowest BCUT2D eigenvalue weighted by Gasteiger charge is -2.32. The molecule has 1 aliphatic rings. The van der Waals surface area contributed by atoms with Crippen molar-refractivity contribution in [2.45, 2.75) is 29.5 Å². The van der Waals surface area contributed by atoms with Crippen molar-refractivity contribution < 1.29 is 26.7 Å². The lowest BCUT2D eigenvalue weighted by molar-refractivity contribution is -0.137. The van der Waals surface area contributed by atoms with Gasteiger partial charge in [-0.3, -0.25) is 0 Å². The minimum atomic E-state index is -4.61. The van der Waals surface area contributed by atoms with Crippen LogP contribution in [0.25, 0.3) is 0 Å². The zero-order valence-electron chi connectivity index (χ0n) is 11.7. The second-order valence-corrected chi connectivity index (χ2v) is 7.12. The molecule has 2 rings (SSSR count). The highest BCUT2D eigenvalue weighted by Gasteiger charge is 2.33. The van der Waals surface area contributed by atoms with Gasteiger partial charge < -0.3 is 10.4 Å². The summed E-state index contributed by atoms with van der Waals surface area (Å²) in [6, 6.07) is 3.50. The van der Waals surface area contributed by atoms with Gasteiger partial charge in [-0.25, -0.2) is 13.1 Å². The first-order valence-corrected chi connectivity index (χ1v) is 8.21. The molecule has 0 radical (unpaired) electrons. The molecule has 1 aromatic carbocycles. The van der Waals surface area contributed by atoms with Gasteiger partial charge in [-0.05, 0) is 37.6 Å². The Labute approximate surface area is 126 Å². The number of benzene rings is 1. The molecule has 3 N–H and O–H groups in total. The molecule has 1 atom stereocenters. The van der Waals surface area contributed by atoms with Crippen LogP contribution in [0.1, 0.15) is 18.4 Å². The molecule has 1 aromatic rings. The Kier molecular flexibility index (Phi) is 4.81. The van der Waals surface area contributed by atoms with Crippen molar-refractivity contribution in [3.8, 4) is 0 Å². The van der Waals surface area contributed by atoms with Crippen molar-refractivity contribution in [1.29, 1.82) is 0 Å². The highest BCUT2D eigenvalue weighted by Crippen LogP contribution is 2.30. The van der Waals surface area contributed by atoms with Gasteiger partial charge in [-0.2, -0.15) is 13.2 Å². The summed E-state index contributed by atoms with van der Waals surface area (Å²) in [5.41, 5.74) is -2.26. The maximum atomic E-state index is 12.6. The zero-order chi connectivity index (χ0) is 16.4. The molecule has 124 valence electrons. The van der Waals surface area contributed by atoms with Crippen LogP contribution in [0.3, 0.4) is 0 Å². The standard InChI is InChI=1S/C13H17F3N2O3S/c14-13(15,16)10-3-1-4-11(7-10)22(20,21)18-9-12(19)5-2-6-17-8-12/h1,3-4,7,17-19H,2,5-6,8-9H2/t12-/m1/s1. The first-order valence-electron chi connectivity index (χ1n) is 6.72.